The van der Waals surface area contributed by atoms with E-state index in [1.54, 1.807) is 6.08 Å². The topological polar surface area (TPSA) is 52.9 Å². The highest BCUT2D eigenvalue weighted by Gasteiger charge is 2.23. The van der Waals surface area contributed by atoms with Gasteiger partial charge in [-0.25, -0.2) is 0 Å². The van der Waals surface area contributed by atoms with Crippen molar-refractivity contribution in [2.24, 2.45) is 5.92 Å². The van der Waals surface area contributed by atoms with Gasteiger partial charge in [-0.15, -0.1) is 0 Å². The molecule has 1 aliphatic rings. The number of nitrogens with zero attached hydrogens (tertiary/aromatic N) is 1. The third-order valence-electron chi connectivity index (χ3n) is 3.90. The molecule has 0 aromatic heterocycles. The summed E-state index contributed by atoms with van der Waals surface area (Å²) in [5, 5.41) is 12.2. The summed E-state index contributed by atoms with van der Waals surface area (Å²) in [4.78, 5) is 12.2. The number of benzene rings is 1. The van der Waals surface area contributed by atoms with E-state index in [0.29, 0.717) is 5.92 Å². The standard InChI is InChI=1S/C17H20N2O/c1-13-7-5-6-10-16(13)19-17(20)15(12-18)11-14-8-3-2-4-9-14/h2-4,8-9,11,13,16H,5-7,10H2,1H3,(H,19,20)/b15-11+/t13-,16-/m1/s1. The van der Waals surface area contributed by atoms with E-state index in [4.69, 9.17) is 0 Å². The van der Waals surface area contributed by atoms with Crippen LogP contribution in [0.15, 0.2) is 35.9 Å². The summed E-state index contributed by atoms with van der Waals surface area (Å²) in [6.45, 7) is 2.16. The molecular weight excluding hydrogens is 248 g/mol. The largest absolute Gasteiger partial charge is 0.348 e. The summed E-state index contributed by atoms with van der Waals surface area (Å²) >= 11 is 0. The van der Waals surface area contributed by atoms with E-state index >= 15 is 0 Å². The van der Waals surface area contributed by atoms with Crippen molar-refractivity contribution in [2.45, 2.75) is 38.6 Å². The second kappa shape index (κ2) is 6.91. The molecule has 3 heteroatoms. The number of hydrogen-bond donors (Lipinski definition) is 1. The smallest absolute Gasteiger partial charge is 0.262 e. The van der Waals surface area contributed by atoms with Crippen LogP contribution in [0.2, 0.25) is 0 Å². The normalized spacial score (nSPS) is 22.9. The van der Waals surface area contributed by atoms with E-state index in [0.717, 1.165) is 24.8 Å². The fraction of sp³-hybridized carbons (Fsp3) is 0.412. The van der Waals surface area contributed by atoms with Crippen molar-refractivity contribution in [3.63, 3.8) is 0 Å². The van der Waals surface area contributed by atoms with Crippen molar-refractivity contribution < 1.29 is 4.79 Å². The number of nitriles is 1. The van der Waals surface area contributed by atoms with Gasteiger partial charge >= 0.3 is 0 Å². The summed E-state index contributed by atoms with van der Waals surface area (Å²) in [7, 11) is 0. The summed E-state index contributed by atoms with van der Waals surface area (Å²) in [5.41, 5.74) is 1.05. The zero-order chi connectivity index (χ0) is 14.4. The Morgan fingerprint density at radius 1 is 1.30 bits per heavy atom. The average Bonchev–Trinajstić information content (AvgIpc) is 2.48. The van der Waals surface area contributed by atoms with Crippen LogP contribution in [0.25, 0.3) is 6.08 Å². The lowest BCUT2D eigenvalue weighted by molar-refractivity contribution is -0.118. The Balaban J connectivity index is 2.06. The molecule has 20 heavy (non-hydrogen) atoms. The molecule has 2 rings (SSSR count). The molecule has 0 unspecified atom stereocenters. The van der Waals surface area contributed by atoms with Gasteiger partial charge in [0, 0.05) is 6.04 Å². The Hall–Kier alpha value is -2.08. The first kappa shape index (κ1) is 14.3. The number of amides is 1. The number of nitrogens with one attached hydrogen (secondary N) is 1. The first-order valence-corrected chi connectivity index (χ1v) is 7.18. The monoisotopic (exact) mass is 268 g/mol. The summed E-state index contributed by atoms with van der Waals surface area (Å²) in [6, 6.07) is 11.7. The Morgan fingerprint density at radius 2 is 2.00 bits per heavy atom. The first-order chi connectivity index (χ1) is 9.70. The lowest BCUT2D eigenvalue weighted by Crippen LogP contribution is -2.41. The van der Waals surface area contributed by atoms with E-state index in [1.807, 2.05) is 36.4 Å². The second-order valence-corrected chi connectivity index (χ2v) is 5.42. The molecule has 1 aromatic rings. The molecule has 0 radical (unpaired) electrons. The minimum absolute atomic E-state index is 0.175. The predicted octanol–water partition coefficient (Wildman–Crippen LogP) is 3.29. The zero-order valence-corrected chi connectivity index (χ0v) is 11.8. The molecule has 0 heterocycles. The molecule has 3 nitrogen and oxygen atoms in total. The van der Waals surface area contributed by atoms with Crippen molar-refractivity contribution in [1.29, 1.82) is 5.26 Å². The van der Waals surface area contributed by atoms with Crippen LogP contribution >= 0.6 is 0 Å². The van der Waals surface area contributed by atoms with Crippen molar-refractivity contribution in [1.82, 2.24) is 5.32 Å². The minimum atomic E-state index is -0.255. The van der Waals surface area contributed by atoms with Gasteiger partial charge in [0.15, 0.2) is 0 Å². The zero-order valence-electron chi connectivity index (χ0n) is 11.8. The van der Waals surface area contributed by atoms with E-state index in [1.165, 1.54) is 6.42 Å². The van der Waals surface area contributed by atoms with Crippen LogP contribution < -0.4 is 5.32 Å². The van der Waals surface area contributed by atoms with Crippen LogP contribution in [0.4, 0.5) is 0 Å². The highest BCUT2D eigenvalue weighted by molar-refractivity contribution is 6.01. The number of hydrogen-bond acceptors (Lipinski definition) is 2. The Morgan fingerprint density at radius 3 is 2.65 bits per heavy atom. The van der Waals surface area contributed by atoms with Crippen LogP contribution in [0.5, 0.6) is 0 Å². The SMILES string of the molecule is C[C@@H]1CCCC[C@H]1NC(=O)/C(C#N)=C/c1ccccc1. The van der Waals surface area contributed by atoms with Gasteiger partial charge in [0.25, 0.3) is 5.91 Å². The Kier molecular flexibility index (Phi) is 4.95. The summed E-state index contributed by atoms with van der Waals surface area (Å²) in [5.74, 6) is 0.236. The van der Waals surface area contributed by atoms with Gasteiger partial charge in [0.05, 0.1) is 0 Å². The third kappa shape index (κ3) is 3.71. The van der Waals surface area contributed by atoms with E-state index < -0.39 is 0 Å². The molecule has 1 amide bonds. The van der Waals surface area contributed by atoms with Gasteiger partial charge in [0.2, 0.25) is 0 Å². The molecule has 1 aromatic carbocycles. The number of rotatable bonds is 3. The van der Waals surface area contributed by atoms with E-state index in [2.05, 4.69) is 12.2 Å². The van der Waals surface area contributed by atoms with Crippen LogP contribution in [0, 0.1) is 17.2 Å². The van der Waals surface area contributed by atoms with Gasteiger partial charge in [-0.1, -0.05) is 50.1 Å². The molecule has 1 N–H and O–H groups in total. The fourth-order valence-corrected chi connectivity index (χ4v) is 2.64. The summed E-state index contributed by atoms with van der Waals surface area (Å²) in [6.07, 6.45) is 6.19. The van der Waals surface area contributed by atoms with Crippen LogP contribution in [-0.4, -0.2) is 11.9 Å². The molecule has 0 aliphatic heterocycles. The predicted molar refractivity (Wildman–Crippen MR) is 79.6 cm³/mol. The highest BCUT2D eigenvalue weighted by atomic mass is 16.1. The van der Waals surface area contributed by atoms with Crippen molar-refractivity contribution in [3.8, 4) is 6.07 Å². The van der Waals surface area contributed by atoms with Crippen molar-refractivity contribution in [3.05, 3.63) is 41.5 Å². The Labute approximate surface area is 120 Å². The maximum absolute atomic E-state index is 12.2. The minimum Gasteiger partial charge on any atom is -0.348 e. The molecular formula is C17H20N2O. The van der Waals surface area contributed by atoms with Crippen molar-refractivity contribution in [2.75, 3.05) is 0 Å². The number of carbonyl (C=O) groups is 1. The van der Waals surface area contributed by atoms with Gasteiger partial charge in [-0.3, -0.25) is 4.79 Å². The van der Waals surface area contributed by atoms with Gasteiger partial charge in [-0.2, -0.15) is 5.26 Å². The quantitative estimate of drug-likeness (QED) is 0.675. The second-order valence-electron chi connectivity index (χ2n) is 5.42. The van der Waals surface area contributed by atoms with E-state index in [9.17, 15) is 10.1 Å². The van der Waals surface area contributed by atoms with Crippen LogP contribution in [-0.2, 0) is 4.79 Å². The Bertz CT molecular complexity index is 528. The molecule has 1 fully saturated rings. The molecule has 2 atom stereocenters. The maximum Gasteiger partial charge on any atom is 0.262 e. The van der Waals surface area contributed by atoms with Gasteiger partial charge in [-0.05, 0) is 30.4 Å². The highest BCUT2D eigenvalue weighted by Crippen LogP contribution is 2.24. The molecule has 0 saturated heterocycles. The lowest BCUT2D eigenvalue weighted by atomic mass is 9.86. The maximum atomic E-state index is 12.2. The van der Waals surface area contributed by atoms with Gasteiger partial charge < -0.3 is 5.32 Å². The molecule has 0 spiro atoms. The van der Waals surface area contributed by atoms with Crippen LogP contribution in [0.3, 0.4) is 0 Å². The third-order valence-corrected chi connectivity index (χ3v) is 3.90. The first-order valence-electron chi connectivity index (χ1n) is 7.18. The summed E-state index contributed by atoms with van der Waals surface area (Å²) < 4.78 is 0. The number of carbonyl (C=O) groups excluding carboxylic acids is 1. The lowest BCUT2D eigenvalue weighted by Gasteiger charge is -2.29. The average molecular weight is 268 g/mol. The van der Waals surface area contributed by atoms with Crippen LogP contribution in [0.1, 0.15) is 38.2 Å². The molecule has 1 aliphatic carbocycles. The fourth-order valence-electron chi connectivity index (χ4n) is 2.64. The molecule has 104 valence electrons. The molecule has 0 bridgehead atoms. The molecule has 1 saturated carbocycles. The van der Waals surface area contributed by atoms with Gasteiger partial charge in [0.1, 0.15) is 11.6 Å². The van der Waals surface area contributed by atoms with E-state index in [-0.39, 0.29) is 17.5 Å². The van der Waals surface area contributed by atoms with Crippen molar-refractivity contribution >= 4 is 12.0 Å².